The van der Waals surface area contributed by atoms with Gasteiger partial charge in [-0.15, -0.1) is 6.58 Å². The van der Waals surface area contributed by atoms with Crippen LogP contribution in [0.15, 0.2) is 55.3 Å². The van der Waals surface area contributed by atoms with Gasteiger partial charge in [0.1, 0.15) is 41.4 Å². The molecule has 1 aliphatic heterocycles. The zero-order valence-electron chi connectivity index (χ0n) is 29.6. The summed E-state index contributed by atoms with van der Waals surface area (Å²) >= 11 is 0. The number of benzene rings is 1. The van der Waals surface area contributed by atoms with Crippen LogP contribution in [0.2, 0.25) is 0 Å². The number of hydrogen-bond acceptors (Lipinski definition) is 9. The molecule has 0 radical (unpaired) electrons. The van der Waals surface area contributed by atoms with Crippen molar-refractivity contribution in [2.24, 2.45) is 11.3 Å². The van der Waals surface area contributed by atoms with E-state index in [-0.39, 0.29) is 31.3 Å². The maximum atomic E-state index is 14.5. The van der Waals surface area contributed by atoms with Crippen molar-refractivity contribution in [3.05, 3.63) is 61.1 Å². The number of sulfonamides is 1. The molecule has 1 aromatic carbocycles. The van der Waals surface area contributed by atoms with Crippen molar-refractivity contribution in [3.63, 3.8) is 0 Å². The average Bonchev–Trinajstić information content (AvgIpc) is 3.97. The second-order valence-corrected chi connectivity index (χ2v) is 17.3. The Labute approximate surface area is 303 Å². The molecule has 3 aliphatic carbocycles. The number of pyridine rings is 1. The Kier molecular flexibility index (Phi) is 10.4. The van der Waals surface area contributed by atoms with E-state index in [9.17, 15) is 32.0 Å². The first-order valence-corrected chi connectivity index (χ1v) is 19.3. The topological polar surface area (TPSA) is 173 Å². The molecule has 6 rings (SSSR count). The third-order valence-electron chi connectivity index (χ3n) is 10.2. The minimum absolute atomic E-state index is 0.0198. The van der Waals surface area contributed by atoms with Gasteiger partial charge in [-0.05, 0) is 80.7 Å². The van der Waals surface area contributed by atoms with Gasteiger partial charge in [-0.25, -0.2) is 17.6 Å². The number of rotatable bonds is 12. The lowest BCUT2D eigenvalue weighted by Crippen LogP contribution is -2.60. The van der Waals surface area contributed by atoms with E-state index in [4.69, 9.17) is 9.47 Å². The Morgan fingerprint density at radius 3 is 2.37 bits per heavy atom. The van der Waals surface area contributed by atoms with Gasteiger partial charge in [0.25, 0.3) is 5.91 Å². The van der Waals surface area contributed by atoms with Crippen LogP contribution >= 0.6 is 0 Å². The van der Waals surface area contributed by atoms with Gasteiger partial charge in [0, 0.05) is 30.2 Å². The summed E-state index contributed by atoms with van der Waals surface area (Å²) in [6.45, 7) is 9.08. The van der Waals surface area contributed by atoms with Crippen LogP contribution in [0.25, 0.3) is 11.3 Å². The van der Waals surface area contributed by atoms with E-state index in [0.717, 1.165) is 25.7 Å². The first kappa shape index (κ1) is 37.2. The summed E-state index contributed by atoms with van der Waals surface area (Å²) in [6, 6.07) is 6.88. The smallest absolute Gasteiger partial charge is 0.408 e. The van der Waals surface area contributed by atoms with Gasteiger partial charge in [-0.2, -0.15) is 0 Å². The van der Waals surface area contributed by atoms with Gasteiger partial charge in [0.15, 0.2) is 0 Å². The van der Waals surface area contributed by atoms with Gasteiger partial charge in [-0.1, -0.05) is 26.8 Å². The molecule has 4 aliphatic rings. The van der Waals surface area contributed by atoms with Gasteiger partial charge in [-0.3, -0.25) is 24.1 Å². The van der Waals surface area contributed by atoms with Crippen molar-refractivity contribution in [1.29, 1.82) is 0 Å². The number of ether oxygens (including phenoxy) is 2. The van der Waals surface area contributed by atoms with Crippen molar-refractivity contribution in [3.8, 4) is 17.0 Å². The van der Waals surface area contributed by atoms with E-state index in [1.54, 1.807) is 45.0 Å². The van der Waals surface area contributed by atoms with Crippen LogP contribution in [-0.2, 0) is 29.1 Å². The molecule has 3 saturated carbocycles. The SMILES string of the molecule is C=CC1CC1(NC(=O)C1CC(Oc2ccnc(-c3ccc(F)cc3)c2)CN1C(=O)C(NC(=O)OC1CCCC1)C(C)(C)C)C(=O)NS(=O)(=O)C1CC1. The van der Waals surface area contributed by atoms with Crippen LogP contribution in [0.5, 0.6) is 5.75 Å². The predicted octanol–water partition coefficient (Wildman–Crippen LogP) is 3.99. The van der Waals surface area contributed by atoms with E-state index < -0.39 is 74.1 Å². The van der Waals surface area contributed by atoms with Gasteiger partial charge in [0.05, 0.1) is 17.5 Å². The number of hydrogen-bond donors (Lipinski definition) is 3. The molecule has 0 spiro atoms. The first-order valence-electron chi connectivity index (χ1n) is 17.8. The number of alkyl carbamates (subject to hydrolysis) is 1. The summed E-state index contributed by atoms with van der Waals surface area (Å²) in [4.78, 5) is 60.8. The molecule has 1 saturated heterocycles. The number of amides is 4. The Balaban J connectivity index is 1.25. The van der Waals surface area contributed by atoms with Crippen LogP contribution in [0.1, 0.15) is 72.1 Å². The van der Waals surface area contributed by atoms with Gasteiger partial charge >= 0.3 is 6.09 Å². The Bertz CT molecular complexity index is 1820. The van der Waals surface area contributed by atoms with Crippen LogP contribution in [0.3, 0.4) is 0 Å². The third-order valence-corrected chi connectivity index (χ3v) is 12.0. The van der Waals surface area contributed by atoms with E-state index in [2.05, 4.69) is 26.9 Å². The quantitative estimate of drug-likeness (QED) is 0.272. The highest BCUT2D eigenvalue weighted by atomic mass is 32.2. The van der Waals surface area contributed by atoms with Crippen LogP contribution < -0.4 is 20.1 Å². The molecule has 2 heterocycles. The Hall–Kier alpha value is -4.53. The lowest BCUT2D eigenvalue weighted by atomic mass is 9.85. The summed E-state index contributed by atoms with van der Waals surface area (Å²) < 4.78 is 52.9. The highest BCUT2D eigenvalue weighted by Crippen LogP contribution is 2.45. The number of nitrogens with one attached hydrogen (secondary N) is 3. The predicted molar refractivity (Wildman–Crippen MR) is 189 cm³/mol. The highest BCUT2D eigenvalue weighted by Gasteiger charge is 2.62. The highest BCUT2D eigenvalue weighted by molar-refractivity contribution is 7.91. The molecular weight excluding hydrogens is 693 g/mol. The zero-order valence-corrected chi connectivity index (χ0v) is 30.4. The number of aromatic nitrogens is 1. The van der Waals surface area contributed by atoms with Crippen LogP contribution in [-0.4, -0.2) is 83.7 Å². The lowest BCUT2D eigenvalue weighted by molar-refractivity contribution is -0.143. The van der Waals surface area contributed by atoms with Crippen LogP contribution in [0, 0.1) is 17.2 Å². The molecule has 4 amide bonds. The van der Waals surface area contributed by atoms with Crippen molar-refractivity contribution in [2.75, 3.05) is 6.54 Å². The minimum Gasteiger partial charge on any atom is -0.488 e. The van der Waals surface area contributed by atoms with Crippen LogP contribution in [0.4, 0.5) is 9.18 Å². The van der Waals surface area contributed by atoms with Crippen molar-refractivity contribution >= 4 is 33.8 Å². The average molecular weight is 740 g/mol. The molecule has 280 valence electrons. The molecule has 13 nitrogen and oxygen atoms in total. The fraction of sp³-hybridized carbons (Fsp3) is 0.541. The molecule has 52 heavy (non-hydrogen) atoms. The summed E-state index contributed by atoms with van der Waals surface area (Å²) in [6.07, 6.45) is 5.81. The van der Waals surface area contributed by atoms with Gasteiger partial charge < -0.3 is 25.0 Å². The Morgan fingerprint density at radius 2 is 1.75 bits per heavy atom. The fourth-order valence-corrected chi connectivity index (χ4v) is 8.34. The van der Waals surface area contributed by atoms with Crippen molar-refractivity contribution in [1.82, 2.24) is 25.2 Å². The molecule has 1 aromatic heterocycles. The largest absolute Gasteiger partial charge is 0.488 e. The maximum absolute atomic E-state index is 14.5. The normalized spacial score (nSPS) is 25.2. The maximum Gasteiger partial charge on any atom is 0.408 e. The van der Waals surface area contributed by atoms with Gasteiger partial charge in [0.2, 0.25) is 21.8 Å². The summed E-state index contributed by atoms with van der Waals surface area (Å²) in [7, 11) is -3.90. The monoisotopic (exact) mass is 739 g/mol. The lowest BCUT2D eigenvalue weighted by Gasteiger charge is -2.35. The number of carbonyl (C=O) groups is 4. The van der Waals surface area contributed by atoms with Crippen molar-refractivity contribution < 1.29 is 41.5 Å². The number of carbonyl (C=O) groups excluding carboxylic acids is 4. The second kappa shape index (κ2) is 14.5. The molecule has 4 fully saturated rings. The second-order valence-electron chi connectivity index (χ2n) is 15.3. The summed E-state index contributed by atoms with van der Waals surface area (Å²) in [5.41, 5.74) is -1.18. The minimum atomic E-state index is -3.90. The molecule has 0 bridgehead atoms. The van der Waals surface area contributed by atoms with Crippen molar-refractivity contribution in [2.45, 2.75) is 107 Å². The number of likely N-dealkylation sites (tertiary alicyclic amines) is 1. The molecule has 5 atom stereocenters. The van der Waals surface area contributed by atoms with E-state index >= 15 is 0 Å². The van der Waals surface area contributed by atoms with E-state index in [1.807, 2.05) is 0 Å². The molecular formula is C37H46FN5O8S. The molecule has 3 N–H and O–H groups in total. The molecule has 5 unspecified atom stereocenters. The first-order chi connectivity index (χ1) is 24.6. The standard InChI is InChI=1S/C37H46FN5O8S/c1-5-23-20-37(23,34(46)42-52(48,49)28-14-15-28)41-32(44)30-19-27(50-26-16-17-39-29(18-26)22-10-12-24(38)13-11-22)21-43(30)33(45)31(36(2,3)4)40-35(47)51-25-8-6-7-9-25/h5,10-13,16-18,23,25,27-28,30-31H,1,6-9,14-15,19-21H2,2-4H3,(H,40,47)(H,41,44)(H,42,46). The number of nitrogens with zero attached hydrogens (tertiary/aromatic N) is 2. The summed E-state index contributed by atoms with van der Waals surface area (Å²) in [5, 5.41) is 4.87. The molecule has 2 aromatic rings. The van der Waals surface area contributed by atoms with E-state index in [1.165, 1.54) is 29.3 Å². The third kappa shape index (κ3) is 8.24. The summed E-state index contributed by atoms with van der Waals surface area (Å²) in [5.74, 6) is -2.59. The fourth-order valence-electron chi connectivity index (χ4n) is 6.97. The van der Waals surface area contributed by atoms with E-state index in [0.29, 0.717) is 29.8 Å². The molecule has 15 heteroatoms. The Morgan fingerprint density at radius 1 is 1.06 bits per heavy atom. The number of halogens is 1. The zero-order chi connectivity index (χ0) is 37.4.